The Hall–Kier alpha value is -3.33. The van der Waals surface area contributed by atoms with Gasteiger partial charge in [0.15, 0.2) is 0 Å². The van der Waals surface area contributed by atoms with Crippen molar-refractivity contribution in [2.75, 3.05) is 18.1 Å². The first kappa shape index (κ1) is 19.4. The number of nitrogens with one attached hydrogen (secondary N) is 1. The van der Waals surface area contributed by atoms with Crippen molar-refractivity contribution < 1.29 is 27.1 Å². The number of methoxy groups -OCH3 is 1. The Kier molecular flexibility index (Phi) is 5.36. The molecule has 0 amide bonds. The summed E-state index contributed by atoms with van der Waals surface area (Å²) in [5.74, 6) is -0.216. The van der Waals surface area contributed by atoms with Crippen LogP contribution in [-0.2, 0) is 21.4 Å². The van der Waals surface area contributed by atoms with Crippen LogP contribution >= 0.6 is 0 Å². The van der Waals surface area contributed by atoms with Crippen LogP contribution < -0.4 is 15.1 Å². The second-order valence-electron chi connectivity index (χ2n) is 5.95. The van der Waals surface area contributed by atoms with Crippen LogP contribution in [-0.4, -0.2) is 27.8 Å². The van der Waals surface area contributed by atoms with E-state index in [9.17, 15) is 18.0 Å². The molecule has 3 rings (SSSR count). The minimum absolute atomic E-state index is 0.0573. The van der Waals surface area contributed by atoms with E-state index < -0.39 is 21.6 Å². The predicted molar refractivity (Wildman–Crippen MR) is 103 cm³/mol. The molecule has 1 heterocycles. The van der Waals surface area contributed by atoms with Gasteiger partial charge in [0.05, 0.1) is 24.6 Å². The highest BCUT2D eigenvalue weighted by Gasteiger charge is 2.16. The third-order valence-corrected chi connectivity index (χ3v) is 4.43. The Morgan fingerprint density at radius 3 is 2.61 bits per heavy atom. The molecule has 0 fully saturated rings. The molecule has 2 aromatic carbocycles. The first-order chi connectivity index (χ1) is 13.3. The molecule has 9 heteroatoms. The van der Waals surface area contributed by atoms with E-state index in [4.69, 9.17) is 13.9 Å². The van der Waals surface area contributed by atoms with Gasteiger partial charge < -0.3 is 13.9 Å². The zero-order valence-electron chi connectivity index (χ0n) is 15.1. The first-order valence-corrected chi connectivity index (χ1v) is 10.0. The van der Waals surface area contributed by atoms with Crippen molar-refractivity contribution in [2.45, 2.75) is 6.61 Å². The van der Waals surface area contributed by atoms with Gasteiger partial charge in [0, 0.05) is 23.1 Å². The van der Waals surface area contributed by atoms with Crippen molar-refractivity contribution >= 4 is 32.6 Å². The molecule has 0 atom stereocenters. The molecule has 1 N–H and O–H groups in total. The molecule has 0 bridgehead atoms. The Bertz CT molecular complexity index is 1200. The highest BCUT2D eigenvalue weighted by molar-refractivity contribution is 7.92. The summed E-state index contributed by atoms with van der Waals surface area (Å²) in [5, 5.41) is 0.593. The molecule has 0 unspecified atom stereocenters. The van der Waals surface area contributed by atoms with Gasteiger partial charge in [0.2, 0.25) is 10.0 Å². The molecule has 146 valence electrons. The molecule has 0 aliphatic heterocycles. The lowest BCUT2D eigenvalue weighted by Gasteiger charge is -2.11. The van der Waals surface area contributed by atoms with Crippen molar-refractivity contribution in [3.63, 3.8) is 0 Å². The molecule has 0 aliphatic carbocycles. The van der Waals surface area contributed by atoms with Gasteiger partial charge in [0.1, 0.15) is 17.9 Å². The summed E-state index contributed by atoms with van der Waals surface area (Å²) in [7, 11) is -2.07. The number of benzene rings is 2. The molecule has 0 saturated carbocycles. The summed E-state index contributed by atoms with van der Waals surface area (Å²) in [4.78, 5) is 24.3. The standard InChI is InChI=1S/C19H17NO7S/c1-25-13-7-8-14-12(9-18(21)27-17(14)10-13)11-26-19(22)15-5-3-4-6-16(15)20-28(2,23)24/h3-10,20H,11H2,1-2H3. The molecule has 3 aromatic rings. The van der Waals surface area contributed by atoms with Gasteiger partial charge in [-0.3, -0.25) is 4.72 Å². The van der Waals surface area contributed by atoms with Crippen LogP contribution in [0.4, 0.5) is 5.69 Å². The van der Waals surface area contributed by atoms with E-state index >= 15 is 0 Å². The molecule has 0 saturated heterocycles. The number of fused-ring (bicyclic) bond motifs is 1. The predicted octanol–water partition coefficient (Wildman–Crippen LogP) is 2.53. The van der Waals surface area contributed by atoms with Gasteiger partial charge in [-0.15, -0.1) is 0 Å². The molecule has 0 aliphatic rings. The monoisotopic (exact) mass is 403 g/mol. The van der Waals surface area contributed by atoms with E-state index in [1.807, 2.05) is 0 Å². The van der Waals surface area contributed by atoms with E-state index in [-0.39, 0.29) is 17.9 Å². The smallest absolute Gasteiger partial charge is 0.340 e. The highest BCUT2D eigenvalue weighted by atomic mass is 32.2. The number of carbonyl (C=O) groups excluding carboxylic acids is 1. The lowest BCUT2D eigenvalue weighted by molar-refractivity contribution is 0.0475. The van der Waals surface area contributed by atoms with Crippen molar-refractivity contribution in [1.82, 2.24) is 0 Å². The lowest BCUT2D eigenvalue weighted by Crippen LogP contribution is -2.15. The molecular weight excluding hydrogens is 386 g/mol. The number of carbonyl (C=O) groups is 1. The van der Waals surface area contributed by atoms with Crippen molar-refractivity contribution in [2.24, 2.45) is 0 Å². The maximum Gasteiger partial charge on any atom is 0.340 e. The van der Waals surface area contributed by atoms with Crippen LogP contribution in [0.1, 0.15) is 15.9 Å². The van der Waals surface area contributed by atoms with Crippen LogP contribution in [0.2, 0.25) is 0 Å². The SMILES string of the molecule is COc1ccc2c(COC(=O)c3ccccc3NS(C)(=O)=O)cc(=O)oc2c1. The van der Waals surface area contributed by atoms with Crippen LogP contribution in [0.25, 0.3) is 11.0 Å². The molecule has 0 spiro atoms. The van der Waals surface area contributed by atoms with E-state index in [0.717, 1.165) is 6.26 Å². The van der Waals surface area contributed by atoms with E-state index in [1.165, 1.54) is 25.3 Å². The Morgan fingerprint density at radius 1 is 1.14 bits per heavy atom. The normalized spacial score (nSPS) is 11.2. The lowest BCUT2D eigenvalue weighted by atomic mass is 10.1. The van der Waals surface area contributed by atoms with Gasteiger partial charge in [0.25, 0.3) is 0 Å². The fourth-order valence-electron chi connectivity index (χ4n) is 2.63. The summed E-state index contributed by atoms with van der Waals surface area (Å²) in [6.07, 6.45) is 0.985. The summed E-state index contributed by atoms with van der Waals surface area (Å²) in [5.41, 5.74) is 0.331. The van der Waals surface area contributed by atoms with Gasteiger partial charge in [-0.25, -0.2) is 18.0 Å². The second-order valence-corrected chi connectivity index (χ2v) is 7.70. The number of hydrogen-bond acceptors (Lipinski definition) is 7. The maximum absolute atomic E-state index is 12.5. The minimum atomic E-state index is -3.56. The Balaban J connectivity index is 1.87. The summed E-state index contributed by atoms with van der Waals surface area (Å²) >= 11 is 0. The number of sulfonamides is 1. The molecule has 8 nitrogen and oxygen atoms in total. The minimum Gasteiger partial charge on any atom is -0.497 e. The molecular formula is C19H17NO7S. The van der Waals surface area contributed by atoms with Gasteiger partial charge in [-0.1, -0.05) is 12.1 Å². The highest BCUT2D eigenvalue weighted by Crippen LogP contribution is 2.24. The van der Waals surface area contributed by atoms with Crippen molar-refractivity contribution in [1.29, 1.82) is 0 Å². The average Bonchev–Trinajstić information content (AvgIpc) is 2.64. The van der Waals surface area contributed by atoms with Crippen LogP contribution in [0.15, 0.2) is 57.7 Å². The Labute approximate surface area is 160 Å². The third kappa shape index (κ3) is 4.49. The summed E-state index contributed by atoms with van der Waals surface area (Å²) < 4.78 is 40.8. The number of hydrogen-bond donors (Lipinski definition) is 1. The zero-order chi connectivity index (χ0) is 20.3. The fourth-order valence-corrected chi connectivity index (χ4v) is 3.20. The zero-order valence-corrected chi connectivity index (χ0v) is 15.9. The van der Waals surface area contributed by atoms with Crippen LogP contribution in [0.3, 0.4) is 0 Å². The van der Waals surface area contributed by atoms with Gasteiger partial charge in [-0.2, -0.15) is 0 Å². The third-order valence-electron chi connectivity index (χ3n) is 3.84. The van der Waals surface area contributed by atoms with E-state index in [0.29, 0.717) is 22.3 Å². The second kappa shape index (κ2) is 7.73. The van der Waals surface area contributed by atoms with Crippen molar-refractivity contribution in [3.8, 4) is 5.75 Å². The number of esters is 1. The number of para-hydroxylation sites is 1. The van der Waals surface area contributed by atoms with Crippen molar-refractivity contribution in [3.05, 3.63) is 70.1 Å². The average molecular weight is 403 g/mol. The van der Waals surface area contributed by atoms with Crippen LogP contribution in [0.5, 0.6) is 5.75 Å². The van der Waals surface area contributed by atoms with Crippen LogP contribution in [0, 0.1) is 0 Å². The van der Waals surface area contributed by atoms with E-state index in [1.54, 1.807) is 30.3 Å². The van der Waals surface area contributed by atoms with Gasteiger partial charge in [-0.05, 0) is 24.3 Å². The fraction of sp³-hybridized carbons (Fsp3) is 0.158. The molecule has 1 aromatic heterocycles. The number of anilines is 1. The number of rotatable bonds is 6. The molecule has 0 radical (unpaired) electrons. The Morgan fingerprint density at radius 2 is 1.89 bits per heavy atom. The largest absolute Gasteiger partial charge is 0.497 e. The maximum atomic E-state index is 12.5. The summed E-state index contributed by atoms with van der Waals surface area (Å²) in [6, 6.07) is 12.3. The molecule has 28 heavy (non-hydrogen) atoms. The number of ether oxygens (including phenoxy) is 2. The summed E-state index contributed by atoms with van der Waals surface area (Å²) in [6.45, 7) is -0.194. The quantitative estimate of drug-likeness (QED) is 0.497. The van der Waals surface area contributed by atoms with Gasteiger partial charge >= 0.3 is 11.6 Å². The van der Waals surface area contributed by atoms with E-state index in [2.05, 4.69) is 4.72 Å². The topological polar surface area (TPSA) is 112 Å². The first-order valence-electron chi connectivity index (χ1n) is 8.11.